The summed E-state index contributed by atoms with van der Waals surface area (Å²) in [6.07, 6.45) is 0. The second kappa shape index (κ2) is 6.64. The molecule has 0 saturated heterocycles. The summed E-state index contributed by atoms with van der Waals surface area (Å²) in [5, 5.41) is 19.9. The predicted molar refractivity (Wildman–Crippen MR) is 77.5 cm³/mol. The second-order valence-electron chi connectivity index (χ2n) is 4.18. The van der Waals surface area contributed by atoms with Gasteiger partial charge in [0.05, 0.1) is 16.0 Å². The van der Waals surface area contributed by atoms with Gasteiger partial charge in [0.25, 0.3) is 0 Å². The number of para-hydroxylation sites is 1. The highest BCUT2D eigenvalue weighted by molar-refractivity contribution is 9.10. The quantitative estimate of drug-likeness (QED) is 0.657. The van der Waals surface area contributed by atoms with E-state index in [2.05, 4.69) is 15.9 Å². The van der Waals surface area contributed by atoms with Crippen LogP contribution >= 0.6 is 15.9 Å². The summed E-state index contributed by atoms with van der Waals surface area (Å²) < 4.78 is 20.0. The lowest BCUT2D eigenvalue weighted by Gasteiger charge is -2.12. The molecule has 2 aromatic carbocycles. The van der Waals surface area contributed by atoms with Gasteiger partial charge in [-0.15, -0.1) is 0 Å². The van der Waals surface area contributed by atoms with Crippen molar-refractivity contribution in [3.63, 3.8) is 0 Å². The molecule has 21 heavy (non-hydrogen) atoms. The van der Waals surface area contributed by atoms with E-state index >= 15 is 0 Å². The third-order valence-corrected chi connectivity index (χ3v) is 3.47. The molecule has 0 atom stereocenters. The van der Waals surface area contributed by atoms with Gasteiger partial charge in [-0.25, -0.2) is 0 Å². The Balaban J connectivity index is 2.25. The lowest BCUT2D eigenvalue weighted by Crippen LogP contribution is -2.03. The minimum atomic E-state index is -0.917. The molecule has 0 aliphatic carbocycles. The van der Waals surface area contributed by atoms with E-state index in [1.165, 1.54) is 12.1 Å². The SMILES string of the molecule is O=[N+]([O-])c1cccc(COc2c(Br)cccc2CO)c1F. The van der Waals surface area contributed by atoms with Crippen LogP contribution in [0.3, 0.4) is 0 Å². The van der Waals surface area contributed by atoms with Crippen LogP contribution in [0.4, 0.5) is 10.1 Å². The average Bonchev–Trinajstić information content (AvgIpc) is 2.46. The number of hydrogen-bond donors (Lipinski definition) is 1. The van der Waals surface area contributed by atoms with Gasteiger partial charge in [-0.3, -0.25) is 10.1 Å². The number of benzene rings is 2. The van der Waals surface area contributed by atoms with Gasteiger partial charge >= 0.3 is 5.69 Å². The van der Waals surface area contributed by atoms with Crippen molar-refractivity contribution in [2.75, 3.05) is 0 Å². The molecule has 2 rings (SSSR count). The molecule has 0 aromatic heterocycles. The molecular weight excluding hydrogens is 345 g/mol. The van der Waals surface area contributed by atoms with Crippen molar-refractivity contribution in [2.24, 2.45) is 0 Å². The summed E-state index contributed by atoms with van der Waals surface area (Å²) in [6, 6.07) is 9.03. The molecule has 0 fully saturated rings. The molecule has 0 saturated carbocycles. The van der Waals surface area contributed by atoms with E-state index in [4.69, 9.17) is 4.74 Å². The zero-order valence-corrected chi connectivity index (χ0v) is 12.3. The molecule has 0 amide bonds. The smallest absolute Gasteiger partial charge is 0.305 e. The van der Waals surface area contributed by atoms with E-state index in [-0.39, 0.29) is 18.8 Å². The Bertz CT molecular complexity index is 678. The van der Waals surface area contributed by atoms with E-state index in [0.29, 0.717) is 15.8 Å². The van der Waals surface area contributed by atoms with Crippen LogP contribution in [0.1, 0.15) is 11.1 Å². The maximum Gasteiger partial charge on any atom is 0.305 e. The monoisotopic (exact) mass is 355 g/mol. The summed E-state index contributed by atoms with van der Waals surface area (Å²) in [7, 11) is 0. The topological polar surface area (TPSA) is 72.6 Å². The Hall–Kier alpha value is -1.99. The molecule has 2 aromatic rings. The second-order valence-corrected chi connectivity index (χ2v) is 5.04. The Labute approximate surface area is 128 Å². The Morgan fingerprint density at radius 3 is 2.57 bits per heavy atom. The third kappa shape index (κ3) is 3.37. The van der Waals surface area contributed by atoms with Crippen molar-refractivity contribution in [1.82, 2.24) is 0 Å². The van der Waals surface area contributed by atoms with E-state index in [0.717, 1.165) is 6.07 Å². The van der Waals surface area contributed by atoms with E-state index in [1.54, 1.807) is 18.2 Å². The minimum absolute atomic E-state index is 0.0730. The van der Waals surface area contributed by atoms with Gasteiger partial charge < -0.3 is 9.84 Å². The van der Waals surface area contributed by atoms with Crippen LogP contribution in [0.5, 0.6) is 5.75 Å². The molecule has 0 aliphatic rings. The van der Waals surface area contributed by atoms with Gasteiger partial charge in [-0.1, -0.05) is 24.3 Å². The number of nitro benzene ring substituents is 1. The molecular formula is C14H11BrFNO4. The number of ether oxygens (including phenoxy) is 1. The molecule has 0 aliphatic heterocycles. The fraction of sp³-hybridized carbons (Fsp3) is 0.143. The summed E-state index contributed by atoms with van der Waals surface area (Å²) >= 11 is 3.28. The van der Waals surface area contributed by atoms with Gasteiger partial charge in [-0.2, -0.15) is 4.39 Å². The van der Waals surface area contributed by atoms with E-state index in [1.807, 2.05) is 0 Å². The number of nitrogens with zero attached hydrogens (tertiary/aromatic N) is 1. The number of aliphatic hydroxyl groups excluding tert-OH is 1. The number of halogens is 2. The molecule has 0 radical (unpaired) electrons. The van der Waals surface area contributed by atoms with Crippen LogP contribution in [0.2, 0.25) is 0 Å². The van der Waals surface area contributed by atoms with Crippen molar-refractivity contribution in [3.05, 3.63) is 67.9 Å². The zero-order chi connectivity index (χ0) is 15.4. The van der Waals surface area contributed by atoms with Crippen LogP contribution in [0.25, 0.3) is 0 Å². The first-order valence-electron chi connectivity index (χ1n) is 5.97. The van der Waals surface area contributed by atoms with Crippen LogP contribution in [-0.4, -0.2) is 10.0 Å². The Morgan fingerprint density at radius 2 is 1.90 bits per heavy atom. The molecule has 0 bridgehead atoms. The van der Waals surface area contributed by atoms with Gasteiger partial charge in [0.1, 0.15) is 12.4 Å². The maximum atomic E-state index is 13.9. The first-order valence-corrected chi connectivity index (χ1v) is 6.76. The summed E-state index contributed by atoms with van der Waals surface area (Å²) in [5.74, 6) is -0.536. The van der Waals surface area contributed by atoms with Crippen LogP contribution in [0, 0.1) is 15.9 Å². The van der Waals surface area contributed by atoms with Crippen LogP contribution < -0.4 is 4.74 Å². The first-order chi connectivity index (χ1) is 10.0. The molecule has 1 N–H and O–H groups in total. The standard InChI is InChI=1S/C14H11BrFNO4/c15-11-5-1-3-9(7-18)14(11)21-8-10-4-2-6-12(13(10)16)17(19)20/h1-6,18H,7-8H2. The lowest BCUT2D eigenvalue weighted by atomic mass is 10.2. The number of rotatable bonds is 5. The van der Waals surface area contributed by atoms with Crippen LogP contribution in [0.15, 0.2) is 40.9 Å². The highest BCUT2D eigenvalue weighted by atomic mass is 79.9. The lowest BCUT2D eigenvalue weighted by molar-refractivity contribution is -0.387. The summed E-state index contributed by atoms with van der Waals surface area (Å²) in [6.45, 7) is -0.407. The average molecular weight is 356 g/mol. The van der Waals surface area contributed by atoms with Crippen molar-refractivity contribution in [3.8, 4) is 5.75 Å². The molecule has 0 heterocycles. The highest BCUT2D eigenvalue weighted by Crippen LogP contribution is 2.30. The Morgan fingerprint density at radius 1 is 1.24 bits per heavy atom. The maximum absolute atomic E-state index is 13.9. The van der Waals surface area contributed by atoms with Crippen LogP contribution in [-0.2, 0) is 13.2 Å². The molecule has 0 unspecified atom stereocenters. The normalized spacial score (nSPS) is 10.4. The first kappa shape index (κ1) is 15.4. The fourth-order valence-electron chi connectivity index (χ4n) is 1.81. The largest absolute Gasteiger partial charge is 0.487 e. The van der Waals surface area contributed by atoms with E-state index < -0.39 is 16.4 Å². The zero-order valence-electron chi connectivity index (χ0n) is 10.8. The molecule has 110 valence electrons. The summed E-state index contributed by atoms with van der Waals surface area (Å²) in [4.78, 5) is 9.91. The number of hydrogen-bond acceptors (Lipinski definition) is 4. The summed E-state index contributed by atoms with van der Waals surface area (Å²) in [5.41, 5.74) is 0.0182. The van der Waals surface area contributed by atoms with Crippen molar-refractivity contribution in [2.45, 2.75) is 13.2 Å². The molecule has 5 nitrogen and oxygen atoms in total. The van der Waals surface area contributed by atoms with Crippen molar-refractivity contribution < 1.29 is 19.2 Å². The minimum Gasteiger partial charge on any atom is -0.487 e. The highest BCUT2D eigenvalue weighted by Gasteiger charge is 2.18. The van der Waals surface area contributed by atoms with Gasteiger partial charge in [0, 0.05) is 17.2 Å². The fourth-order valence-corrected chi connectivity index (χ4v) is 2.33. The molecule has 0 spiro atoms. The van der Waals surface area contributed by atoms with Crippen molar-refractivity contribution in [1.29, 1.82) is 0 Å². The number of nitro groups is 1. The van der Waals surface area contributed by atoms with Gasteiger partial charge in [0.15, 0.2) is 0 Å². The molecule has 7 heteroatoms. The number of aliphatic hydroxyl groups is 1. The van der Waals surface area contributed by atoms with Crippen molar-refractivity contribution >= 4 is 21.6 Å². The van der Waals surface area contributed by atoms with E-state index in [9.17, 15) is 19.6 Å². The van der Waals surface area contributed by atoms with Gasteiger partial charge in [0.2, 0.25) is 5.82 Å². The van der Waals surface area contributed by atoms with Gasteiger partial charge in [-0.05, 0) is 22.0 Å². The Kier molecular flexibility index (Phi) is 4.87. The third-order valence-electron chi connectivity index (χ3n) is 2.85. The predicted octanol–water partition coefficient (Wildman–Crippen LogP) is 3.57.